The third-order valence-corrected chi connectivity index (χ3v) is 11.6. The van der Waals surface area contributed by atoms with Gasteiger partial charge in [-0.3, -0.25) is 0 Å². The van der Waals surface area contributed by atoms with E-state index in [1.165, 1.54) is 105 Å². The first-order valence-corrected chi connectivity index (χ1v) is 19.6. The molecule has 0 fully saturated rings. The molecule has 0 unspecified atom stereocenters. The molecule has 2 N–H and O–H groups in total. The van der Waals surface area contributed by atoms with Gasteiger partial charge in [-0.2, -0.15) is 0 Å². The quantitative estimate of drug-likeness (QED) is 0.169. The van der Waals surface area contributed by atoms with E-state index in [0.717, 1.165) is 12.1 Å². The maximum atomic E-state index is 6.24. The zero-order chi connectivity index (χ0) is 37.8. The Morgan fingerprint density at radius 2 is 0.946 bits per heavy atom. The number of hydrogen-bond donors (Lipinski definition) is 1. The molecule has 268 valence electrons. The predicted octanol–water partition coefficient (Wildman–Crippen LogP) is 14.6. The number of fused-ring (bicyclic) bond motifs is 5. The van der Waals surface area contributed by atoms with Crippen molar-refractivity contribution >= 4 is 43.7 Å². The molecule has 10 rings (SSSR count). The second kappa shape index (κ2) is 13.8. The lowest BCUT2D eigenvalue weighted by molar-refractivity contribution is 0.895. The topological polar surface area (TPSA) is 29.3 Å². The highest BCUT2D eigenvalue weighted by molar-refractivity contribution is 6.28. The average Bonchev–Trinajstić information content (AvgIpc) is 3.58. The van der Waals surface area contributed by atoms with Crippen molar-refractivity contribution in [3.63, 3.8) is 0 Å². The van der Waals surface area contributed by atoms with Crippen molar-refractivity contribution in [2.75, 3.05) is 11.4 Å². The molecule has 0 saturated carbocycles. The van der Waals surface area contributed by atoms with E-state index < -0.39 is 0 Å². The number of hydrogen-bond acceptors (Lipinski definition) is 2. The Kier molecular flexibility index (Phi) is 8.35. The van der Waals surface area contributed by atoms with Crippen LogP contribution in [0.15, 0.2) is 193 Å². The molecule has 1 aliphatic rings. The maximum absolute atomic E-state index is 6.24. The summed E-state index contributed by atoms with van der Waals surface area (Å²) in [5, 5.41) is 7.58. The Hall–Kier alpha value is -6.74. The highest BCUT2D eigenvalue weighted by atomic mass is 15.2. The van der Waals surface area contributed by atoms with Gasteiger partial charge in [-0.05, 0) is 121 Å². The minimum absolute atomic E-state index is 0.580. The van der Waals surface area contributed by atoms with Crippen molar-refractivity contribution in [1.29, 1.82) is 0 Å². The number of benzene rings is 9. The predicted molar refractivity (Wildman–Crippen MR) is 240 cm³/mol. The van der Waals surface area contributed by atoms with Crippen molar-refractivity contribution in [2.45, 2.75) is 20.3 Å². The van der Waals surface area contributed by atoms with Gasteiger partial charge in [0.25, 0.3) is 0 Å². The second-order valence-corrected chi connectivity index (χ2v) is 15.0. The van der Waals surface area contributed by atoms with Gasteiger partial charge in [0.2, 0.25) is 0 Å². The SMILES string of the molecule is CC(C)=C(CCN)N(c1ccc(-c2ccc3c4c(cccc24)-c2c-3c(-c3ccccc3)c3ccccc3c2-c2ccccc2)cc1)c1cccc2ccccc12. The summed E-state index contributed by atoms with van der Waals surface area (Å²) in [6.07, 6.45) is 0.785. The Bertz CT molecular complexity index is 2870. The van der Waals surface area contributed by atoms with Crippen LogP contribution in [0.2, 0.25) is 0 Å². The number of nitrogens with two attached hydrogens (primary N) is 1. The lowest BCUT2D eigenvalue weighted by Crippen LogP contribution is -2.20. The van der Waals surface area contributed by atoms with E-state index in [-0.39, 0.29) is 0 Å². The third-order valence-electron chi connectivity index (χ3n) is 11.6. The van der Waals surface area contributed by atoms with E-state index in [0.29, 0.717) is 6.54 Å². The minimum atomic E-state index is 0.580. The van der Waals surface area contributed by atoms with Gasteiger partial charge in [-0.15, -0.1) is 0 Å². The molecule has 0 atom stereocenters. The lowest BCUT2D eigenvalue weighted by Gasteiger charge is -2.30. The first-order valence-electron chi connectivity index (χ1n) is 19.6. The van der Waals surface area contributed by atoms with E-state index >= 15 is 0 Å². The van der Waals surface area contributed by atoms with Crippen LogP contribution in [0.25, 0.3) is 88.0 Å². The molecule has 2 heteroatoms. The molecule has 0 heterocycles. The van der Waals surface area contributed by atoms with Crippen molar-refractivity contribution in [2.24, 2.45) is 5.73 Å². The van der Waals surface area contributed by atoms with Crippen LogP contribution < -0.4 is 10.6 Å². The molecule has 0 aliphatic heterocycles. The summed E-state index contributed by atoms with van der Waals surface area (Å²) < 4.78 is 0. The van der Waals surface area contributed by atoms with Crippen LogP contribution in [0.1, 0.15) is 20.3 Å². The number of anilines is 2. The highest BCUT2D eigenvalue weighted by Crippen LogP contribution is 2.58. The van der Waals surface area contributed by atoms with Gasteiger partial charge in [-0.25, -0.2) is 0 Å². The summed E-state index contributed by atoms with van der Waals surface area (Å²) in [4.78, 5) is 2.42. The van der Waals surface area contributed by atoms with E-state index in [2.05, 4.69) is 201 Å². The molecule has 0 saturated heterocycles. The van der Waals surface area contributed by atoms with Crippen molar-refractivity contribution in [1.82, 2.24) is 0 Å². The van der Waals surface area contributed by atoms with E-state index in [1.54, 1.807) is 0 Å². The van der Waals surface area contributed by atoms with Gasteiger partial charge in [0.1, 0.15) is 0 Å². The first kappa shape index (κ1) is 33.8. The molecular formula is C54H42N2. The van der Waals surface area contributed by atoms with Crippen molar-refractivity contribution < 1.29 is 0 Å². The third kappa shape index (κ3) is 5.37. The molecule has 9 aromatic rings. The minimum Gasteiger partial charge on any atom is -0.330 e. The zero-order valence-corrected chi connectivity index (χ0v) is 31.8. The largest absolute Gasteiger partial charge is 0.330 e. The normalized spacial score (nSPS) is 11.6. The molecule has 2 nitrogen and oxygen atoms in total. The molecule has 56 heavy (non-hydrogen) atoms. The van der Waals surface area contributed by atoms with Crippen molar-refractivity contribution in [3.05, 3.63) is 193 Å². The molecule has 0 radical (unpaired) electrons. The van der Waals surface area contributed by atoms with Crippen molar-refractivity contribution in [3.8, 4) is 55.6 Å². The monoisotopic (exact) mass is 718 g/mol. The van der Waals surface area contributed by atoms with E-state index in [4.69, 9.17) is 5.73 Å². The van der Waals surface area contributed by atoms with Crippen LogP contribution in [0.3, 0.4) is 0 Å². The fraction of sp³-hybridized carbons (Fsp3) is 0.0741. The summed E-state index contributed by atoms with van der Waals surface area (Å²) in [5.74, 6) is 0. The first-order chi connectivity index (χ1) is 27.6. The Morgan fingerprint density at radius 3 is 1.57 bits per heavy atom. The summed E-state index contributed by atoms with van der Waals surface area (Å²) in [6.45, 7) is 4.96. The molecule has 0 spiro atoms. The molecule has 1 aliphatic carbocycles. The van der Waals surface area contributed by atoms with Gasteiger partial charge in [0.05, 0.1) is 5.69 Å². The lowest BCUT2D eigenvalue weighted by atomic mass is 9.82. The molecule has 0 amide bonds. The highest BCUT2D eigenvalue weighted by Gasteiger charge is 2.31. The van der Waals surface area contributed by atoms with Crippen LogP contribution in [0.5, 0.6) is 0 Å². The Labute approximate surface area is 328 Å². The van der Waals surface area contributed by atoms with Crippen LogP contribution in [0, 0.1) is 0 Å². The van der Waals surface area contributed by atoms with E-state index in [9.17, 15) is 0 Å². The molecular weight excluding hydrogens is 677 g/mol. The summed E-state index contributed by atoms with van der Waals surface area (Å²) in [7, 11) is 0. The smallest absolute Gasteiger partial charge is 0.0536 e. The summed E-state index contributed by atoms with van der Waals surface area (Å²) in [6, 6.07) is 66.8. The van der Waals surface area contributed by atoms with Crippen LogP contribution >= 0.6 is 0 Å². The fourth-order valence-corrected chi connectivity index (χ4v) is 9.22. The van der Waals surface area contributed by atoms with Gasteiger partial charge >= 0.3 is 0 Å². The zero-order valence-electron chi connectivity index (χ0n) is 31.8. The van der Waals surface area contributed by atoms with Gasteiger partial charge in [-0.1, -0.05) is 169 Å². The fourth-order valence-electron chi connectivity index (χ4n) is 9.22. The number of allylic oxidation sites excluding steroid dienone is 1. The maximum Gasteiger partial charge on any atom is 0.0536 e. The van der Waals surface area contributed by atoms with Gasteiger partial charge < -0.3 is 10.6 Å². The summed E-state index contributed by atoms with van der Waals surface area (Å²) in [5.41, 5.74) is 23.8. The van der Waals surface area contributed by atoms with Crippen LogP contribution in [0.4, 0.5) is 11.4 Å². The average molecular weight is 719 g/mol. The van der Waals surface area contributed by atoms with Crippen LogP contribution in [-0.2, 0) is 0 Å². The number of rotatable bonds is 8. The van der Waals surface area contributed by atoms with Crippen LogP contribution in [-0.4, -0.2) is 6.54 Å². The molecule has 9 aromatic carbocycles. The number of nitrogens with zero attached hydrogens (tertiary/aromatic N) is 1. The van der Waals surface area contributed by atoms with E-state index in [1.807, 2.05) is 0 Å². The second-order valence-electron chi connectivity index (χ2n) is 15.0. The standard InChI is InChI=1S/C54H42N2/c1-35(2)48(33-34-55)56(49-26-13-20-36-15-9-10-21-42(36)49)40-29-27-37(28-30-40)41-31-32-47-52-43(41)24-14-25-46(52)53-50(38-16-5-3-6-17-38)44-22-11-12-23-45(44)51(54(47)53)39-18-7-4-8-19-39/h3-32H,33-34,55H2,1-2H3. The molecule has 0 aromatic heterocycles. The summed E-state index contributed by atoms with van der Waals surface area (Å²) >= 11 is 0. The van der Waals surface area contributed by atoms with Gasteiger partial charge in [0, 0.05) is 23.2 Å². The molecule has 0 bridgehead atoms. The van der Waals surface area contributed by atoms with Gasteiger partial charge in [0.15, 0.2) is 0 Å². The Balaban J connectivity index is 1.18. The Morgan fingerprint density at radius 1 is 0.429 bits per heavy atom.